The highest BCUT2D eigenvalue weighted by Gasteiger charge is 2.22. The van der Waals surface area contributed by atoms with Crippen molar-refractivity contribution >= 4 is 5.78 Å². The maximum atomic E-state index is 12.6. The molecule has 0 amide bonds. The van der Waals surface area contributed by atoms with Crippen molar-refractivity contribution in [3.05, 3.63) is 34.9 Å². The van der Waals surface area contributed by atoms with E-state index in [1.54, 1.807) is 0 Å². The molecule has 1 unspecified atom stereocenters. The minimum atomic E-state index is -0.187. The van der Waals surface area contributed by atoms with Gasteiger partial charge in [-0.3, -0.25) is 9.69 Å². The van der Waals surface area contributed by atoms with Crippen LogP contribution < -0.4 is 0 Å². The van der Waals surface area contributed by atoms with Crippen LogP contribution in [0.5, 0.6) is 0 Å². The molecule has 0 aliphatic rings. The van der Waals surface area contributed by atoms with Gasteiger partial charge in [0.15, 0.2) is 5.78 Å². The van der Waals surface area contributed by atoms with Gasteiger partial charge < -0.3 is 5.11 Å². The van der Waals surface area contributed by atoms with Gasteiger partial charge in [0.2, 0.25) is 0 Å². The van der Waals surface area contributed by atoms with E-state index in [0.717, 1.165) is 29.7 Å². The number of benzene rings is 1. The van der Waals surface area contributed by atoms with Crippen LogP contribution in [0.15, 0.2) is 18.2 Å². The van der Waals surface area contributed by atoms with Crippen LogP contribution in [0.3, 0.4) is 0 Å². The Morgan fingerprint density at radius 3 is 2.58 bits per heavy atom. The number of hydrogen-bond donors (Lipinski definition) is 1. The van der Waals surface area contributed by atoms with E-state index < -0.39 is 0 Å². The van der Waals surface area contributed by atoms with Gasteiger partial charge in [-0.25, -0.2) is 0 Å². The first-order chi connectivity index (χ1) is 9.01. The summed E-state index contributed by atoms with van der Waals surface area (Å²) in [5.74, 6) is 0.142. The highest BCUT2D eigenvalue weighted by atomic mass is 16.3. The first-order valence-corrected chi connectivity index (χ1v) is 6.97. The number of rotatable bonds is 7. The molecular weight excluding hydrogens is 238 g/mol. The number of aliphatic hydroxyl groups is 1. The van der Waals surface area contributed by atoms with Crippen molar-refractivity contribution in [1.29, 1.82) is 0 Å². The monoisotopic (exact) mass is 263 g/mol. The van der Waals surface area contributed by atoms with E-state index in [0.29, 0.717) is 6.54 Å². The van der Waals surface area contributed by atoms with Gasteiger partial charge in [0.05, 0.1) is 12.6 Å². The lowest BCUT2D eigenvalue weighted by molar-refractivity contribution is 0.0807. The molecule has 1 N–H and O–H groups in total. The second kappa shape index (κ2) is 7.41. The summed E-state index contributed by atoms with van der Waals surface area (Å²) in [7, 11) is 0. The van der Waals surface area contributed by atoms with Gasteiger partial charge in [-0.2, -0.15) is 0 Å². The zero-order valence-corrected chi connectivity index (χ0v) is 12.4. The molecule has 106 valence electrons. The molecule has 0 bridgehead atoms. The van der Waals surface area contributed by atoms with E-state index in [4.69, 9.17) is 5.11 Å². The minimum Gasteiger partial charge on any atom is -0.395 e. The summed E-state index contributed by atoms with van der Waals surface area (Å²) < 4.78 is 0. The van der Waals surface area contributed by atoms with Crippen molar-refractivity contribution in [2.45, 2.75) is 40.2 Å². The number of hydrogen-bond acceptors (Lipinski definition) is 3. The number of carbonyl (C=O) groups is 1. The lowest BCUT2D eigenvalue weighted by Crippen LogP contribution is -2.41. The van der Waals surface area contributed by atoms with Crippen LogP contribution in [-0.2, 0) is 0 Å². The molecule has 0 saturated heterocycles. The Morgan fingerprint density at radius 2 is 2.00 bits per heavy atom. The third-order valence-electron chi connectivity index (χ3n) is 3.48. The van der Waals surface area contributed by atoms with Crippen molar-refractivity contribution < 1.29 is 9.90 Å². The van der Waals surface area contributed by atoms with Crippen molar-refractivity contribution in [1.82, 2.24) is 4.90 Å². The molecule has 0 aromatic heterocycles. The Bertz CT molecular complexity index is 423. The summed E-state index contributed by atoms with van der Waals surface area (Å²) in [5.41, 5.74) is 2.92. The fourth-order valence-electron chi connectivity index (χ4n) is 2.31. The molecule has 1 aromatic carbocycles. The summed E-state index contributed by atoms with van der Waals surface area (Å²) in [6.45, 7) is 9.44. The van der Waals surface area contributed by atoms with Crippen molar-refractivity contribution in [2.24, 2.45) is 0 Å². The van der Waals surface area contributed by atoms with E-state index in [9.17, 15) is 4.79 Å². The van der Waals surface area contributed by atoms with Crippen LogP contribution in [0.4, 0.5) is 0 Å². The van der Waals surface area contributed by atoms with Gasteiger partial charge in [0.25, 0.3) is 0 Å². The number of Topliss-reactive ketones (excluding diaryl/α,β-unsaturated/α-hetero) is 1. The Hall–Kier alpha value is -1.19. The molecule has 3 nitrogen and oxygen atoms in total. The molecule has 19 heavy (non-hydrogen) atoms. The molecule has 1 rings (SSSR count). The van der Waals surface area contributed by atoms with Crippen molar-refractivity contribution in [3.8, 4) is 0 Å². The van der Waals surface area contributed by atoms with Crippen molar-refractivity contribution in [2.75, 3.05) is 19.7 Å². The maximum Gasteiger partial charge on any atom is 0.179 e. The number of aliphatic hydroxyl groups excluding tert-OH is 1. The third kappa shape index (κ3) is 4.15. The SMILES string of the molecule is CCCN(CCO)C(C)C(=O)c1cc(C)ccc1C. The highest BCUT2D eigenvalue weighted by Crippen LogP contribution is 2.15. The molecule has 1 aromatic rings. The first kappa shape index (κ1) is 15.9. The van der Waals surface area contributed by atoms with Crippen LogP contribution >= 0.6 is 0 Å². The molecule has 1 atom stereocenters. The second-order valence-electron chi connectivity index (χ2n) is 5.12. The van der Waals surface area contributed by atoms with E-state index in [1.165, 1.54) is 0 Å². The Kier molecular flexibility index (Phi) is 6.19. The first-order valence-electron chi connectivity index (χ1n) is 6.97. The standard InChI is InChI=1S/C16H25NO2/c1-5-8-17(9-10-18)14(4)16(19)15-11-12(2)6-7-13(15)3/h6-7,11,14,18H,5,8-10H2,1-4H3. The molecule has 0 saturated carbocycles. The van der Waals surface area contributed by atoms with E-state index in [-0.39, 0.29) is 18.4 Å². The quantitative estimate of drug-likeness (QED) is 0.769. The topological polar surface area (TPSA) is 40.5 Å². The normalized spacial score (nSPS) is 12.7. The van der Waals surface area contributed by atoms with Crippen LogP contribution in [-0.4, -0.2) is 41.5 Å². The lowest BCUT2D eigenvalue weighted by atomic mass is 9.97. The van der Waals surface area contributed by atoms with Crippen LogP contribution in [0, 0.1) is 13.8 Å². The molecule has 0 heterocycles. The Morgan fingerprint density at radius 1 is 1.32 bits per heavy atom. The van der Waals surface area contributed by atoms with Crippen molar-refractivity contribution in [3.63, 3.8) is 0 Å². The van der Waals surface area contributed by atoms with Crippen LogP contribution in [0.25, 0.3) is 0 Å². The lowest BCUT2D eigenvalue weighted by Gasteiger charge is -2.27. The summed E-state index contributed by atoms with van der Waals surface area (Å²) >= 11 is 0. The Balaban J connectivity index is 2.93. The smallest absolute Gasteiger partial charge is 0.179 e. The molecule has 0 aliphatic carbocycles. The van der Waals surface area contributed by atoms with Gasteiger partial charge in [-0.1, -0.05) is 24.6 Å². The fourth-order valence-corrected chi connectivity index (χ4v) is 2.31. The summed E-state index contributed by atoms with van der Waals surface area (Å²) in [4.78, 5) is 14.6. The van der Waals surface area contributed by atoms with E-state index in [1.807, 2.05) is 43.9 Å². The van der Waals surface area contributed by atoms with E-state index >= 15 is 0 Å². The van der Waals surface area contributed by atoms with E-state index in [2.05, 4.69) is 6.92 Å². The number of carbonyl (C=O) groups excluding carboxylic acids is 1. The van der Waals surface area contributed by atoms with Gasteiger partial charge in [-0.05, 0) is 45.4 Å². The van der Waals surface area contributed by atoms with Gasteiger partial charge in [0, 0.05) is 12.1 Å². The fraction of sp³-hybridized carbons (Fsp3) is 0.562. The number of nitrogens with zero attached hydrogens (tertiary/aromatic N) is 1. The average molecular weight is 263 g/mol. The Labute approximate surface area is 116 Å². The summed E-state index contributed by atoms with van der Waals surface area (Å²) in [6, 6.07) is 5.78. The van der Waals surface area contributed by atoms with Gasteiger partial charge >= 0.3 is 0 Å². The second-order valence-corrected chi connectivity index (χ2v) is 5.12. The maximum absolute atomic E-state index is 12.6. The van der Waals surface area contributed by atoms with Crippen LogP contribution in [0.1, 0.15) is 41.8 Å². The molecule has 0 fully saturated rings. The minimum absolute atomic E-state index is 0.0877. The zero-order valence-electron chi connectivity index (χ0n) is 12.4. The zero-order chi connectivity index (χ0) is 14.4. The van der Waals surface area contributed by atoms with Gasteiger partial charge in [0.1, 0.15) is 0 Å². The molecule has 0 radical (unpaired) electrons. The summed E-state index contributed by atoms with van der Waals surface area (Å²) in [6.07, 6.45) is 0.977. The molecule has 3 heteroatoms. The summed E-state index contributed by atoms with van der Waals surface area (Å²) in [5, 5.41) is 9.11. The average Bonchev–Trinajstić information content (AvgIpc) is 2.39. The highest BCUT2D eigenvalue weighted by molar-refractivity contribution is 6.01. The largest absolute Gasteiger partial charge is 0.395 e. The third-order valence-corrected chi connectivity index (χ3v) is 3.48. The molecular formula is C16H25NO2. The predicted molar refractivity (Wildman–Crippen MR) is 78.7 cm³/mol. The molecule has 0 spiro atoms. The predicted octanol–water partition coefficient (Wildman–Crippen LogP) is 2.58. The van der Waals surface area contributed by atoms with Crippen LogP contribution in [0.2, 0.25) is 0 Å². The molecule has 0 aliphatic heterocycles. The number of ketones is 1. The number of aryl methyl sites for hydroxylation is 2. The van der Waals surface area contributed by atoms with Gasteiger partial charge in [-0.15, -0.1) is 0 Å².